The van der Waals surface area contributed by atoms with Crippen molar-refractivity contribution in [3.05, 3.63) is 60.2 Å². The minimum absolute atomic E-state index is 0.0973. The van der Waals surface area contributed by atoms with Crippen molar-refractivity contribution in [1.29, 1.82) is 0 Å². The third-order valence-electron chi connectivity index (χ3n) is 4.37. The lowest BCUT2D eigenvalue weighted by molar-refractivity contribution is -0.115. The standard InChI is InChI=1S/C21H24N2O2S2/c1-2-25-18-13-7-6-12-17(18)22-20(24)19(16-10-4-3-5-11-16)27-21(26)23-14-8-9-15-23/h3-7,10-13,19H,2,8-9,14-15H2,1H3,(H,22,24)/t19-/m0/s1. The summed E-state index contributed by atoms with van der Waals surface area (Å²) in [6.07, 6.45) is 2.31. The van der Waals surface area contributed by atoms with Crippen LogP contribution in [0.15, 0.2) is 54.6 Å². The summed E-state index contributed by atoms with van der Waals surface area (Å²) >= 11 is 7.07. The summed E-state index contributed by atoms with van der Waals surface area (Å²) in [4.78, 5) is 15.3. The second-order valence-corrected chi connectivity index (χ2v) is 8.03. The number of likely N-dealkylation sites (tertiary alicyclic amines) is 1. The molecular formula is C21H24N2O2S2. The van der Waals surface area contributed by atoms with Crippen molar-refractivity contribution >= 4 is 39.9 Å². The zero-order chi connectivity index (χ0) is 19.1. The molecule has 1 aliphatic heterocycles. The predicted molar refractivity (Wildman–Crippen MR) is 116 cm³/mol. The fraction of sp³-hybridized carbons (Fsp3) is 0.333. The molecule has 0 aliphatic carbocycles. The number of carbonyl (C=O) groups excluding carboxylic acids is 1. The maximum atomic E-state index is 13.2. The monoisotopic (exact) mass is 400 g/mol. The molecule has 0 saturated carbocycles. The maximum absolute atomic E-state index is 13.2. The summed E-state index contributed by atoms with van der Waals surface area (Å²) in [5.41, 5.74) is 1.62. The summed E-state index contributed by atoms with van der Waals surface area (Å²) in [5.74, 6) is 0.576. The van der Waals surface area contributed by atoms with Gasteiger partial charge in [0.1, 0.15) is 15.3 Å². The number of hydrogen-bond donors (Lipinski definition) is 1. The molecule has 1 saturated heterocycles. The van der Waals surface area contributed by atoms with Crippen molar-refractivity contribution in [2.45, 2.75) is 25.0 Å². The number of para-hydroxylation sites is 2. The molecule has 0 spiro atoms. The molecule has 27 heavy (non-hydrogen) atoms. The van der Waals surface area contributed by atoms with Crippen LogP contribution in [0, 0.1) is 0 Å². The van der Waals surface area contributed by atoms with Crippen molar-refractivity contribution in [1.82, 2.24) is 4.90 Å². The Morgan fingerprint density at radius 3 is 2.52 bits per heavy atom. The van der Waals surface area contributed by atoms with Crippen LogP contribution in [-0.2, 0) is 4.79 Å². The first kappa shape index (κ1) is 19.7. The number of nitrogens with one attached hydrogen (secondary N) is 1. The highest BCUT2D eigenvalue weighted by molar-refractivity contribution is 8.23. The van der Waals surface area contributed by atoms with Crippen LogP contribution in [0.4, 0.5) is 5.69 Å². The highest BCUT2D eigenvalue weighted by Gasteiger charge is 2.27. The van der Waals surface area contributed by atoms with Gasteiger partial charge < -0.3 is 15.0 Å². The van der Waals surface area contributed by atoms with Gasteiger partial charge in [-0.3, -0.25) is 4.79 Å². The van der Waals surface area contributed by atoms with Gasteiger partial charge in [0.15, 0.2) is 0 Å². The third-order valence-corrected chi connectivity index (χ3v) is 6.10. The Labute approximate surface area is 170 Å². The highest BCUT2D eigenvalue weighted by Crippen LogP contribution is 2.34. The minimum Gasteiger partial charge on any atom is -0.492 e. The molecule has 6 heteroatoms. The Bertz CT molecular complexity index is 777. The molecule has 4 nitrogen and oxygen atoms in total. The molecule has 142 valence electrons. The summed E-state index contributed by atoms with van der Waals surface area (Å²) < 4.78 is 6.42. The number of hydrogen-bond acceptors (Lipinski definition) is 4. The van der Waals surface area contributed by atoms with Crippen LogP contribution < -0.4 is 10.1 Å². The predicted octanol–water partition coefficient (Wildman–Crippen LogP) is 4.88. The topological polar surface area (TPSA) is 41.6 Å². The van der Waals surface area contributed by atoms with Crippen LogP contribution in [0.25, 0.3) is 0 Å². The fourth-order valence-electron chi connectivity index (χ4n) is 3.03. The van der Waals surface area contributed by atoms with E-state index in [9.17, 15) is 4.79 Å². The second-order valence-electron chi connectivity index (χ2n) is 6.29. The first-order valence-corrected chi connectivity index (χ1v) is 10.5. The molecule has 0 unspecified atom stereocenters. The molecule has 2 aromatic rings. The summed E-state index contributed by atoms with van der Waals surface area (Å²) in [5, 5.41) is 2.62. The number of thioether (sulfide) groups is 1. The van der Waals surface area contributed by atoms with Gasteiger partial charge in [-0.25, -0.2) is 0 Å². The Balaban J connectivity index is 1.79. The van der Waals surface area contributed by atoms with Crippen molar-refractivity contribution < 1.29 is 9.53 Å². The van der Waals surface area contributed by atoms with Gasteiger partial charge in [0.05, 0.1) is 12.3 Å². The van der Waals surface area contributed by atoms with Crippen molar-refractivity contribution in [2.24, 2.45) is 0 Å². The van der Waals surface area contributed by atoms with E-state index in [0.717, 1.165) is 35.8 Å². The zero-order valence-electron chi connectivity index (χ0n) is 15.4. The fourth-order valence-corrected chi connectivity index (χ4v) is 4.49. The van der Waals surface area contributed by atoms with E-state index in [1.807, 2.05) is 61.5 Å². The van der Waals surface area contributed by atoms with E-state index in [2.05, 4.69) is 10.2 Å². The summed E-state index contributed by atoms with van der Waals surface area (Å²) in [6, 6.07) is 17.3. The lowest BCUT2D eigenvalue weighted by Gasteiger charge is -2.23. The van der Waals surface area contributed by atoms with Crippen LogP contribution in [0.2, 0.25) is 0 Å². The van der Waals surface area contributed by atoms with E-state index in [4.69, 9.17) is 17.0 Å². The van der Waals surface area contributed by atoms with Crippen molar-refractivity contribution in [3.8, 4) is 5.75 Å². The van der Waals surface area contributed by atoms with Crippen molar-refractivity contribution in [2.75, 3.05) is 25.0 Å². The molecule has 1 heterocycles. The maximum Gasteiger partial charge on any atom is 0.242 e. The quantitative estimate of drug-likeness (QED) is 0.700. The number of nitrogens with zero attached hydrogens (tertiary/aromatic N) is 1. The lowest BCUT2D eigenvalue weighted by atomic mass is 10.1. The van der Waals surface area contributed by atoms with Gasteiger partial charge in [0, 0.05) is 13.1 Å². The van der Waals surface area contributed by atoms with E-state index < -0.39 is 5.25 Å². The normalized spacial score (nSPS) is 14.6. The van der Waals surface area contributed by atoms with Gasteiger partial charge in [0.25, 0.3) is 0 Å². The number of anilines is 1. The highest BCUT2D eigenvalue weighted by atomic mass is 32.2. The Hall–Kier alpha value is -2.05. The van der Waals surface area contributed by atoms with Gasteiger partial charge in [0.2, 0.25) is 5.91 Å². The molecule has 1 amide bonds. The van der Waals surface area contributed by atoms with Crippen LogP contribution in [-0.4, -0.2) is 34.8 Å². The number of thiocarbonyl (C=S) groups is 1. The van der Waals surface area contributed by atoms with Crippen LogP contribution in [0.3, 0.4) is 0 Å². The van der Waals surface area contributed by atoms with E-state index in [0.29, 0.717) is 18.0 Å². The summed E-state index contributed by atoms with van der Waals surface area (Å²) in [6.45, 7) is 4.42. The average Bonchev–Trinajstić information content (AvgIpc) is 3.23. The van der Waals surface area contributed by atoms with Crippen molar-refractivity contribution in [3.63, 3.8) is 0 Å². The van der Waals surface area contributed by atoms with E-state index in [1.165, 1.54) is 11.8 Å². The molecular weight excluding hydrogens is 376 g/mol. The molecule has 0 radical (unpaired) electrons. The molecule has 3 rings (SSSR count). The number of amides is 1. The number of ether oxygens (including phenoxy) is 1. The van der Waals surface area contributed by atoms with E-state index in [-0.39, 0.29) is 5.91 Å². The van der Waals surface area contributed by atoms with Crippen LogP contribution in [0.5, 0.6) is 5.75 Å². The Morgan fingerprint density at radius 1 is 1.15 bits per heavy atom. The smallest absolute Gasteiger partial charge is 0.242 e. The van der Waals surface area contributed by atoms with E-state index >= 15 is 0 Å². The van der Waals surface area contributed by atoms with Gasteiger partial charge in [-0.2, -0.15) is 0 Å². The SMILES string of the molecule is CCOc1ccccc1NC(=O)[C@@H](SC(=S)N1CCCC1)c1ccccc1. The number of carbonyl (C=O) groups is 1. The Kier molecular flexibility index (Phi) is 7.12. The molecule has 1 aliphatic rings. The molecule has 1 N–H and O–H groups in total. The largest absolute Gasteiger partial charge is 0.492 e. The van der Waals surface area contributed by atoms with Crippen LogP contribution >= 0.6 is 24.0 Å². The summed E-state index contributed by atoms with van der Waals surface area (Å²) in [7, 11) is 0. The number of benzene rings is 2. The molecule has 1 atom stereocenters. The van der Waals surface area contributed by atoms with Gasteiger partial charge in [-0.1, -0.05) is 66.4 Å². The second kappa shape index (κ2) is 9.76. The molecule has 1 fully saturated rings. The zero-order valence-corrected chi connectivity index (χ0v) is 17.0. The third kappa shape index (κ3) is 5.23. The first-order valence-electron chi connectivity index (χ1n) is 9.22. The van der Waals surface area contributed by atoms with Gasteiger partial charge >= 0.3 is 0 Å². The first-order chi connectivity index (χ1) is 13.2. The van der Waals surface area contributed by atoms with Crippen LogP contribution in [0.1, 0.15) is 30.6 Å². The van der Waals surface area contributed by atoms with Gasteiger partial charge in [-0.15, -0.1) is 0 Å². The molecule has 2 aromatic carbocycles. The number of rotatable bonds is 6. The lowest BCUT2D eigenvalue weighted by Crippen LogP contribution is -2.27. The van der Waals surface area contributed by atoms with Gasteiger partial charge in [-0.05, 0) is 37.5 Å². The minimum atomic E-state index is -0.408. The molecule has 0 aromatic heterocycles. The Morgan fingerprint density at radius 2 is 1.81 bits per heavy atom. The molecule has 0 bridgehead atoms. The average molecular weight is 401 g/mol. The van der Waals surface area contributed by atoms with E-state index in [1.54, 1.807) is 0 Å².